The molecular weight excluding hydrogens is 528 g/mol. The molecule has 0 heterocycles. The number of carbonyl (C=O) groups is 1. The molecule has 6 nitrogen and oxygen atoms in total. The summed E-state index contributed by atoms with van der Waals surface area (Å²) in [5, 5.41) is 0.995. The largest absolute Gasteiger partial charge is 0.295 e. The number of carbonyl (C=O) groups excluding carboxylic acids is 1. The van der Waals surface area contributed by atoms with Crippen LogP contribution in [0.5, 0.6) is 0 Å². The first-order chi connectivity index (χ1) is 14.6. The number of hydrogen-bond donors (Lipinski definition) is 3. The third-order valence-electron chi connectivity index (χ3n) is 3.93. The van der Waals surface area contributed by atoms with Gasteiger partial charge in [-0.05, 0) is 42.5 Å². The van der Waals surface area contributed by atoms with E-state index in [0.717, 1.165) is 0 Å². The second-order valence-corrected chi connectivity index (χ2v) is 9.80. The Morgan fingerprint density at radius 2 is 1.42 bits per heavy atom. The van der Waals surface area contributed by atoms with Crippen LogP contribution in [0.4, 0.5) is 11.4 Å². The van der Waals surface area contributed by atoms with Gasteiger partial charge in [-0.1, -0.05) is 70.1 Å². The smallest absolute Gasteiger partial charge is 0.271 e. The van der Waals surface area contributed by atoms with Gasteiger partial charge in [0.15, 0.2) is 0 Å². The first-order valence-electron chi connectivity index (χ1n) is 8.36. The summed E-state index contributed by atoms with van der Waals surface area (Å²) in [7, 11) is -4.04. The van der Waals surface area contributed by atoms with E-state index in [9.17, 15) is 13.2 Å². The van der Waals surface area contributed by atoms with Crippen molar-refractivity contribution in [3.63, 3.8) is 0 Å². The van der Waals surface area contributed by atoms with Crippen molar-refractivity contribution >= 4 is 85.3 Å². The molecule has 1 amide bonds. The monoisotopic (exact) mass is 537 g/mol. The number of anilines is 2. The van der Waals surface area contributed by atoms with Crippen LogP contribution in [-0.2, 0) is 10.0 Å². The van der Waals surface area contributed by atoms with Crippen molar-refractivity contribution in [2.45, 2.75) is 4.90 Å². The van der Waals surface area contributed by atoms with E-state index in [1.807, 2.05) is 0 Å². The van der Waals surface area contributed by atoms with Gasteiger partial charge in [0.05, 0.1) is 41.9 Å². The molecule has 0 saturated carbocycles. The third-order valence-corrected chi connectivity index (χ3v) is 6.84. The molecule has 31 heavy (non-hydrogen) atoms. The van der Waals surface area contributed by atoms with Crippen molar-refractivity contribution in [3.05, 3.63) is 85.3 Å². The van der Waals surface area contributed by atoms with Gasteiger partial charge in [-0.25, -0.2) is 8.42 Å². The minimum atomic E-state index is -4.04. The predicted molar refractivity (Wildman–Crippen MR) is 126 cm³/mol. The van der Waals surface area contributed by atoms with Gasteiger partial charge in [-0.15, -0.1) is 0 Å². The number of sulfonamides is 1. The number of hydrogen-bond acceptors (Lipinski definition) is 4. The lowest BCUT2D eigenvalue weighted by atomic mass is 10.2. The fourth-order valence-corrected chi connectivity index (χ4v) is 4.85. The molecule has 0 fully saturated rings. The first kappa shape index (κ1) is 23.8. The second kappa shape index (κ2) is 9.73. The number of benzene rings is 3. The van der Waals surface area contributed by atoms with Crippen LogP contribution >= 0.6 is 58.0 Å². The Kier molecular flexibility index (Phi) is 7.47. The lowest BCUT2D eigenvalue weighted by molar-refractivity contribution is 0.0963. The van der Waals surface area contributed by atoms with Crippen molar-refractivity contribution in [2.24, 2.45) is 0 Å². The maximum absolute atomic E-state index is 12.7. The minimum Gasteiger partial charge on any atom is -0.295 e. The normalized spacial score (nSPS) is 11.1. The Balaban J connectivity index is 1.83. The highest BCUT2D eigenvalue weighted by molar-refractivity contribution is 7.92. The second-order valence-electron chi connectivity index (χ2n) is 6.05. The van der Waals surface area contributed by atoms with Crippen molar-refractivity contribution in [3.8, 4) is 0 Å². The fourth-order valence-electron chi connectivity index (χ4n) is 2.47. The number of amides is 1. The summed E-state index contributed by atoms with van der Waals surface area (Å²) in [6.07, 6.45) is 0. The number of rotatable bonds is 6. The number of hydrazine groups is 1. The van der Waals surface area contributed by atoms with E-state index >= 15 is 0 Å². The van der Waals surface area contributed by atoms with Crippen LogP contribution in [-0.4, -0.2) is 14.3 Å². The molecule has 0 saturated heterocycles. The van der Waals surface area contributed by atoms with E-state index in [-0.39, 0.29) is 41.9 Å². The summed E-state index contributed by atoms with van der Waals surface area (Å²) in [5.41, 5.74) is 5.35. The zero-order chi connectivity index (χ0) is 22.8. The molecule has 3 aromatic carbocycles. The van der Waals surface area contributed by atoms with Crippen LogP contribution < -0.4 is 15.6 Å². The van der Waals surface area contributed by atoms with Crippen LogP contribution in [0.15, 0.2) is 59.5 Å². The highest BCUT2D eigenvalue weighted by atomic mass is 35.5. The highest BCUT2D eigenvalue weighted by Crippen LogP contribution is 2.33. The Morgan fingerprint density at radius 3 is 2.06 bits per heavy atom. The summed E-state index contributed by atoms with van der Waals surface area (Å²) in [6.45, 7) is 0. The van der Waals surface area contributed by atoms with Gasteiger partial charge in [0.2, 0.25) is 0 Å². The standard InChI is InChI=1S/C19H12Cl5N3O3S/c20-10-7-15(23)18(16(24)8-10)25-26-19(28)12-3-1-2-4-17(12)27-31(29,30)11-5-6-13(21)14(22)9-11/h1-9,25,27H,(H,26,28). The topological polar surface area (TPSA) is 87.3 Å². The molecule has 12 heteroatoms. The van der Waals surface area contributed by atoms with Crippen molar-refractivity contribution in [1.29, 1.82) is 0 Å². The third kappa shape index (κ3) is 5.68. The minimum absolute atomic E-state index is 0.0415. The molecule has 0 radical (unpaired) electrons. The molecular formula is C19H12Cl5N3O3S. The molecule has 0 spiro atoms. The van der Waals surface area contributed by atoms with E-state index in [4.69, 9.17) is 58.0 Å². The highest BCUT2D eigenvalue weighted by Gasteiger charge is 2.20. The van der Waals surface area contributed by atoms with Crippen LogP contribution in [0.25, 0.3) is 0 Å². The average molecular weight is 540 g/mol. The fraction of sp³-hybridized carbons (Fsp3) is 0. The summed E-state index contributed by atoms with van der Waals surface area (Å²) >= 11 is 29.8. The molecule has 3 aromatic rings. The number of halogens is 5. The molecule has 0 aliphatic rings. The van der Waals surface area contributed by atoms with Gasteiger partial charge >= 0.3 is 0 Å². The van der Waals surface area contributed by atoms with Crippen LogP contribution in [0.1, 0.15) is 10.4 Å². The van der Waals surface area contributed by atoms with Gasteiger partial charge in [0.25, 0.3) is 15.9 Å². The van der Waals surface area contributed by atoms with E-state index in [0.29, 0.717) is 5.02 Å². The van der Waals surface area contributed by atoms with Gasteiger partial charge in [0.1, 0.15) is 0 Å². The van der Waals surface area contributed by atoms with Crippen LogP contribution in [0, 0.1) is 0 Å². The average Bonchev–Trinajstić information content (AvgIpc) is 2.69. The Morgan fingerprint density at radius 1 is 0.774 bits per heavy atom. The van der Waals surface area contributed by atoms with Gasteiger partial charge in [-0.3, -0.25) is 20.4 Å². The quantitative estimate of drug-likeness (QED) is 0.312. The first-order valence-corrected chi connectivity index (χ1v) is 11.7. The molecule has 3 rings (SSSR count). The maximum atomic E-state index is 12.7. The molecule has 0 aromatic heterocycles. The zero-order valence-electron chi connectivity index (χ0n) is 15.2. The molecule has 162 valence electrons. The number of para-hydroxylation sites is 1. The summed E-state index contributed by atoms with van der Waals surface area (Å²) in [5.74, 6) is -0.644. The Hall–Kier alpha value is -1.87. The van der Waals surface area contributed by atoms with Gasteiger partial charge < -0.3 is 0 Å². The summed E-state index contributed by atoms with van der Waals surface area (Å²) in [6, 6.07) is 12.8. The Labute approximate surface area is 203 Å². The lowest BCUT2D eigenvalue weighted by Crippen LogP contribution is -2.30. The van der Waals surface area contributed by atoms with Gasteiger partial charge in [-0.2, -0.15) is 0 Å². The van der Waals surface area contributed by atoms with E-state index in [1.165, 1.54) is 42.5 Å². The molecule has 0 bridgehead atoms. The molecule has 0 atom stereocenters. The van der Waals surface area contributed by atoms with Crippen molar-refractivity contribution < 1.29 is 13.2 Å². The SMILES string of the molecule is O=C(NNc1c(Cl)cc(Cl)cc1Cl)c1ccccc1NS(=O)(=O)c1ccc(Cl)c(Cl)c1. The van der Waals surface area contributed by atoms with Gasteiger partial charge in [0, 0.05) is 5.02 Å². The molecule has 3 N–H and O–H groups in total. The van der Waals surface area contributed by atoms with E-state index < -0.39 is 15.9 Å². The molecule has 0 unspecified atom stereocenters. The van der Waals surface area contributed by atoms with E-state index in [1.54, 1.807) is 12.1 Å². The predicted octanol–water partition coefficient (Wildman–Crippen LogP) is 6.51. The van der Waals surface area contributed by atoms with Crippen molar-refractivity contribution in [1.82, 2.24) is 5.43 Å². The lowest BCUT2D eigenvalue weighted by Gasteiger charge is -2.15. The number of nitrogens with one attached hydrogen (secondary N) is 3. The van der Waals surface area contributed by atoms with Crippen LogP contribution in [0.2, 0.25) is 25.1 Å². The summed E-state index contributed by atoms with van der Waals surface area (Å²) < 4.78 is 27.8. The van der Waals surface area contributed by atoms with E-state index in [2.05, 4.69) is 15.6 Å². The molecule has 0 aliphatic heterocycles. The van der Waals surface area contributed by atoms with Crippen molar-refractivity contribution in [2.75, 3.05) is 10.1 Å². The van der Waals surface area contributed by atoms with Crippen LogP contribution in [0.3, 0.4) is 0 Å². The summed E-state index contributed by atoms with van der Waals surface area (Å²) in [4.78, 5) is 12.6. The maximum Gasteiger partial charge on any atom is 0.271 e. The Bertz CT molecular complexity index is 1250. The molecule has 0 aliphatic carbocycles. The zero-order valence-corrected chi connectivity index (χ0v) is 19.8.